The topological polar surface area (TPSA) is 99.3 Å². The van der Waals surface area contributed by atoms with Crippen LogP contribution in [-0.2, 0) is 4.79 Å². The number of H-pyrrole nitrogens is 1. The van der Waals surface area contributed by atoms with Crippen LogP contribution >= 0.6 is 0 Å². The molecule has 0 aliphatic heterocycles. The van der Waals surface area contributed by atoms with E-state index in [9.17, 15) is 19.5 Å². The summed E-state index contributed by atoms with van der Waals surface area (Å²) in [5.74, 6) is -1.45. The number of carbonyl (C=O) groups is 2. The van der Waals surface area contributed by atoms with E-state index in [0.29, 0.717) is 12.8 Å². The van der Waals surface area contributed by atoms with Gasteiger partial charge < -0.3 is 15.4 Å². The van der Waals surface area contributed by atoms with E-state index in [1.54, 1.807) is 6.92 Å². The lowest BCUT2D eigenvalue weighted by Crippen LogP contribution is -2.47. The van der Waals surface area contributed by atoms with E-state index in [2.05, 4.69) is 10.3 Å². The molecule has 2 rings (SSSR count). The van der Waals surface area contributed by atoms with Crippen LogP contribution in [0.25, 0.3) is 0 Å². The van der Waals surface area contributed by atoms with E-state index in [-0.39, 0.29) is 11.0 Å². The molecule has 1 amide bonds. The molecule has 1 aromatic rings. The van der Waals surface area contributed by atoms with Gasteiger partial charge in [-0.2, -0.15) is 0 Å². The van der Waals surface area contributed by atoms with Gasteiger partial charge in [-0.25, -0.2) is 0 Å². The highest BCUT2D eigenvalue weighted by Crippen LogP contribution is 2.38. The Kier molecular flexibility index (Phi) is 3.42. The highest BCUT2D eigenvalue weighted by atomic mass is 16.4. The summed E-state index contributed by atoms with van der Waals surface area (Å²) in [5, 5.41) is 11.9. The minimum Gasteiger partial charge on any atom is -0.481 e. The SMILES string of the molecule is CC1(C(=O)O)CCCC1NC(=O)c1c[nH]ccc1=O. The van der Waals surface area contributed by atoms with Gasteiger partial charge in [0.1, 0.15) is 5.56 Å². The molecule has 0 aromatic carbocycles. The summed E-state index contributed by atoms with van der Waals surface area (Å²) in [6.07, 6.45) is 4.65. The fraction of sp³-hybridized carbons (Fsp3) is 0.462. The third-order valence-electron chi connectivity index (χ3n) is 3.82. The first-order chi connectivity index (χ1) is 8.95. The lowest BCUT2D eigenvalue weighted by atomic mass is 9.85. The summed E-state index contributed by atoms with van der Waals surface area (Å²) in [6, 6.07) is 0.817. The first-order valence-corrected chi connectivity index (χ1v) is 6.16. The molecule has 1 aliphatic rings. The monoisotopic (exact) mass is 264 g/mol. The molecule has 19 heavy (non-hydrogen) atoms. The van der Waals surface area contributed by atoms with Gasteiger partial charge in [-0.3, -0.25) is 14.4 Å². The van der Waals surface area contributed by atoms with Crippen LogP contribution < -0.4 is 10.7 Å². The van der Waals surface area contributed by atoms with Crippen molar-refractivity contribution in [3.8, 4) is 0 Å². The number of carbonyl (C=O) groups excluding carboxylic acids is 1. The van der Waals surface area contributed by atoms with Crippen LogP contribution in [0.2, 0.25) is 0 Å². The number of nitrogens with one attached hydrogen (secondary N) is 2. The Labute approximate surface area is 109 Å². The second kappa shape index (κ2) is 4.87. The highest BCUT2D eigenvalue weighted by Gasteiger charge is 2.46. The number of rotatable bonds is 3. The molecule has 0 bridgehead atoms. The molecule has 1 saturated carbocycles. The van der Waals surface area contributed by atoms with Crippen LogP contribution in [-0.4, -0.2) is 28.0 Å². The maximum Gasteiger partial charge on any atom is 0.311 e. The van der Waals surface area contributed by atoms with E-state index < -0.39 is 23.3 Å². The molecule has 0 radical (unpaired) electrons. The fourth-order valence-corrected chi connectivity index (χ4v) is 2.48. The first kappa shape index (κ1) is 13.3. The van der Waals surface area contributed by atoms with Gasteiger partial charge in [0.2, 0.25) is 0 Å². The van der Waals surface area contributed by atoms with Crippen LogP contribution in [0, 0.1) is 5.41 Å². The molecule has 2 atom stereocenters. The van der Waals surface area contributed by atoms with Gasteiger partial charge in [0.25, 0.3) is 5.91 Å². The Hall–Kier alpha value is -2.11. The number of hydrogen-bond donors (Lipinski definition) is 3. The zero-order valence-electron chi connectivity index (χ0n) is 10.6. The number of aromatic nitrogens is 1. The molecule has 0 saturated heterocycles. The van der Waals surface area contributed by atoms with Crippen LogP contribution in [0.15, 0.2) is 23.3 Å². The van der Waals surface area contributed by atoms with Crippen molar-refractivity contribution in [3.63, 3.8) is 0 Å². The van der Waals surface area contributed by atoms with Crippen LogP contribution in [0.1, 0.15) is 36.5 Å². The van der Waals surface area contributed by atoms with Gasteiger partial charge in [-0.1, -0.05) is 6.42 Å². The summed E-state index contributed by atoms with van der Waals surface area (Å²) in [7, 11) is 0. The predicted octanol–water partition coefficient (Wildman–Crippen LogP) is 0.748. The molecule has 1 fully saturated rings. The molecular formula is C13H16N2O4. The van der Waals surface area contributed by atoms with Crippen molar-refractivity contribution >= 4 is 11.9 Å². The summed E-state index contributed by atoms with van der Waals surface area (Å²) in [4.78, 5) is 37.5. The summed E-state index contributed by atoms with van der Waals surface area (Å²) < 4.78 is 0. The van der Waals surface area contributed by atoms with Crippen molar-refractivity contribution in [3.05, 3.63) is 34.2 Å². The molecule has 1 aliphatic carbocycles. The largest absolute Gasteiger partial charge is 0.481 e. The third-order valence-corrected chi connectivity index (χ3v) is 3.82. The van der Waals surface area contributed by atoms with E-state index in [1.165, 1.54) is 18.5 Å². The molecule has 6 nitrogen and oxygen atoms in total. The molecule has 6 heteroatoms. The van der Waals surface area contributed by atoms with Gasteiger partial charge in [-0.15, -0.1) is 0 Å². The van der Waals surface area contributed by atoms with Gasteiger partial charge >= 0.3 is 5.97 Å². The minimum absolute atomic E-state index is 0.00198. The van der Waals surface area contributed by atoms with Crippen molar-refractivity contribution in [1.29, 1.82) is 0 Å². The van der Waals surface area contributed by atoms with Gasteiger partial charge in [0, 0.05) is 24.5 Å². The van der Waals surface area contributed by atoms with E-state index >= 15 is 0 Å². The molecule has 102 valence electrons. The molecule has 1 heterocycles. The minimum atomic E-state index is -0.961. The second-order valence-corrected chi connectivity index (χ2v) is 5.06. The number of aliphatic carboxylic acids is 1. The van der Waals surface area contributed by atoms with Crippen molar-refractivity contribution < 1.29 is 14.7 Å². The fourth-order valence-electron chi connectivity index (χ4n) is 2.48. The quantitative estimate of drug-likeness (QED) is 0.750. The Bertz CT molecular complexity index is 566. The van der Waals surface area contributed by atoms with Crippen LogP contribution in [0.5, 0.6) is 0 Å². The number of aromatic amines is 1. The Morgan fingerprint density at radius 2 is 2.26 bits per heavy atom. The standard InChI is InChI=1S/C13H16N2O4/c1-13(12(18)19)5-2-3-10(13)15-11(17)8-7-14-6-4-9(8)16/h4,6-7,10H,2-3,5H2,1H3,(H,14,16)(H,15,17)(H,18,19). The zero-order chi connectivity index (χ0) is 14.0. The predicted molar refractivity (Wildman–Crippen MR) is 67.9 cm³/mol. The zero-order valence-corrected chi connectivity index (χ0v) is 10.6. The van der Waals surface area contributed by atoms with E-state index in [1.807, 2.05) is 0 Å². The van der Waals surface area contributed by atoms with Gasteiger partial charge in [-0.05, 0) is 19.8 Å². The normalized spacial score (nSPS) is 26.1. The van der Waals surface area contributed by atoms with Crippen molar-refractivity contribution in [2.45, 2.75) is 32.2 Å². The number of amides is 1. The molecule has 2 unspecified atom stereocenters. The van der Waals surface area contributed by atoms with Crippen molar-refractivity contribution in [2.75, 3.05) is 0 Å². The van der Waals surface area contributed by atoms with Crippen molar-refractivity contribution in [1.82, 2.24) is 10.3 Å². The molecular weight excluding hydrogens is 248 g/mol. The second-order valence-electron chi connectivity index (χ2n) is 5.06. The molecule has 0 spiro atoms. The Balaban J connectivity index is 2.18. The summed E-state index contributed by atoms with van der Waals surface area (Å²) in [6.45, 7) is 1.63. The van der Waals surface area contributed by atoms with Gasteiger partial charge in [0.05, 0.1) is 5.41 Å². The maximum absolute atomic E-state index is 12.0. The lowest BCUT2D eigenvalue weighted by molar-refractivity contribution is -0.148. The van der Waals surface area contributed by atoms with E-state index in [4.69, 9.17) is 0 Å². The average Bonchev–Trinajstić information content (AvgIpc) is 2.73. The van der Waals surface area contributed by atoms with Crippen LogP contribution in [0.4, 0.5) is 0 Å². The summed E-state index contributed by atoms with van der Waals surface area (Å²) in [5.41, 5.74) is -1.34. The number of pyridine rings is 1. The number of carboxylic acid groups (broad SMARTS) is 1. The molecule has 3 N–H and O–H groups in total. The smallest absolute Gasteiger partial charge is 0.311 e. The Morgan fingerprint density at radius 3 is 2.89 bits per heavy atom. The lowest BCUT2D eigenvalue weighted by Gasteiger charge is -2.27. The number of hydrogen-bond acceptors (Lipinski definition) is 3. The third kappa shape index (κ3) is 2.38. The maximum atomic E-state index is 12.0. The van der Waals surface area contributed by atoms with Gasteiger partial charge in [0.15, 0.2) is 5.43 Å². The Morgan fingerprint density at radius 1 is 1.53 bits per heavy atom. The van der Waals surface area contributed by atoms with Crippen molar-refractivity contribution in [2.24, 2.45) is 5.41 Å². The molecule has 1 aromatic heterocycles. The average molecular weight is 264 g/mol. The number of carboxylic acids is 1. The summed E-state index contributed by atoms with van der Waals surface area (Å²) >= 11 is 0. The van der Waals surface area contributed by atoms with E-state index in [0.717, 1.165) is 6.42 Å². The van der Waals surface area contributed by atoms with Crippen LogP contribution in [0.3, 0.4) is 0 Å². The highest BCUT2D eigenvalue weighted by molar-refractivity contribution is 5.94. The first-order valence-electron chi connectivity index (χ1n) is 6.16.